The van der Waals surface area contributed by atoms with Crippen molar-refractivity contribution in [3.63, 3.8) is 0 Å². The van der Waals surface area contributed by atoms with Gasteiger partial charge in [0, 0.05) is 0 Å². The molecule has 3 rings (SSSR count). The van der Waals surface area contributed by atoms with Crippen molar-refractivity contribution in [3.05, 3.63) is 59.8 Å². The molecule has 1 aromatic carbocycles. The molecule has 22 heavy (non-hydrogen) atoms. The van der Waals surface area contributed by atoms with Crippen LogP contribution >= 0.6 is 11.8 Å². The fraction of sp³-hybridized carbons (Fsp3) is 0.118. The summed E-state index contributed by atoms with van der Waals surface area (Å²) in [7, 11) is 0. The lowest BCUT2D eigenvalue weighted by Gasteiger charge is -1.96. The Balaban J connectivity index is 1.55. The van der Waals surface area contributed by atoms with E-state index in [4.69, 9.17) is 9.47 Å². The third-order valence-electron chi connectivity index (χ3n) is 3.08. The van der Waals surface area contributed by atoms with Gasteiger partial charge >= 0.3 is 0 Å². The largest absolute Gasteiger partial charge is 0.454 e. The van der Waals surface area contributed by atoms with Gasteiger partial charge in [-0.25, -0.2) is 0 Å². The van der Waals surface area contributed by atoms with Crippen molar-refractivity contribution < 1.29 is 9.47 Å². The highest BCUT2D eigenvalue weighted by molar-refractivity contribution is 7.98. The molecule has 0 saturated carbocycles. The van der Waals surface area contributed by atoms with E-state index in [1.165, 1.54) is 0 Å². The number of rotatable bonds is 5. The van der Waals surface area contributed by atoms with E-state index < -0.39 is 0 Å². The maximum absolute atomic E-state index is 5.35. The van der Waals surface area contributed by atoms with Crippen LogP contribution in [0.1, 0.15) is 11.3 Å². The number of allylic oxidation sites excluding steroid dienone is 4. The third kappa shape index (κ3) is 3.62. The Morgan fingerprint density at radius 3 is 2.68 bits per heavy atom. The smallest absolute Gasteiger partial charge is 0.231 e. The first-order valence-electron chi connectivity index (χ1n) is 6.85. The van der Waals surface area contributed by atoms with Gasteiger partial charge in [0.15, 0.2) is 11.5 Å². The summed E-state index contributed by atoms with van der Waals surface area (Å²) >= 11 is 1.62. The molecule has 2 heterocycles. The van der Waals surface area contributed by atoms with E-state index in [9.17, 15) is 0 Å². The summed E-state index contributed by atoms with van der Waals surface area (Å²) in [5.74, 6) is 1.61. The quantitative estimate of drug-likeness (QED) is 0.666. The number of hydrogen-bond acceptors (Lipinski definition) is 4. The molecule has 0 unspecified atom stereocenters. The van der Waals surface area contributed by atoms with E-state index >= 15 is 0 Å². The monoisotopic (exact) mass is 312 g/mol. The first-order valence-corrected chi connectivity index (χ1v) is 8.08. The molecule has 0 amide bonds. The van der Waals surface area contributed by atoms with Gasteiger partial charge in [-0.3, -0.25) is 5.10 Å². The summed E-state index contributed by atoms with van der Waals surface area (Å²) in [5, 5.41) is 8.10. The molecule has 0 fully saturated rings. The number of aromatic amines is 1. The SMILES string of the molecule is CSc1cc(/C=C/C=C/C=C/c2ccc3c(c2)OCO3)[nH]n1. The lowest BCUT2D eigenvalue weighted by Crippen LogP contribution is -1.92. The van der Waals surface area contributed by atoms with Crippen LogP contribution in [0.4, 0.5) is 0 Å². The Kier molecular flexibility index (Phi) is 4.65. The zero-order valence-corrected chi connectivity index (χ0v) is 13.0. The van der Waals surface area contributed by atoms with Crippen molar-refractivity contribution in [1.29, 1.82) is 0 Å². The lowest BCUT2D eigenvalue weighted by molar-refractivity contribution is 0.174. The second-order valence-corrected chi connectivity index (χ2v) is 5.41. The first kappa shape index (κ1) is 14.5. The number of benzene rings is 1. The molecular formula is C17H16N2O2S. The standard InChI is InChI=1S/C17H16N2O2S/c1-22-17-11-14(18-19-17)7-5-3-2-4-6-13-8-9-15-16(10-13)21-12-20-15/h2-11H,12H2,1H3,(H,18,19)/b3-2+,6-4+,7-5+. The molecule has 1 aromatic heterocycles. The number of aromatic nitrogens is 2. The van der Waals surface area contributed by atoms with Crippen LogP contribution in [-0.4, -0.2) is 23.2 Å². The predicted molar refractivity (Wildman–Crippen MR) is 90.1 cm³/mol. The fourth-order valence-corrected chi connectivity index (χ4v) is 2.36. The Labute approximate surface area is 133 Å². The minimum Gasteiger partial charge on any atom is -0.454 e. The number of hydrogen-bond donors (Lipinski definition) is 1. The van der Waals surface area contributed by atoms with Crippen molar-refractivity contribution in [2.75, 3.05) is 13.0 Å². The molecule has 0 atom stereocenters. The van der Waals surface area contributed by atoms with E-state index in [2.05, 4.69) is 10.2 Å². The molecule has 0 saturated heterocycles. The number of thioether (sulfide) groups is 1. The van der Waals surface area contributed by atoms with Crippen LogP contribution < -0.4 is 9.47 Å². The number of fused-ring (bicyclic) bond motifs is 1. The van der Waals surface area contributed by atoms with Crippen molar-refractivity contribution >= 4 is 23.9 Å². The molecule has 0 spiro atoms. The van der Waals surface area contributed by atoms with Gasteiger partial charge in [0.05, 0.1) is 5.69 Å². The Bertz CT molecular complexity index is 732. The minimum atomic E-state index is 0.305. The van der Waals surface area contributed by atoms with Crippen LogP contribution in [0.2, 0.25) is 0 Å². The maximum Gasteiger partial charge on any atom is 0.231 e. The van der Waals surface area contributed by atoms with Crippen LogP contribution in [0.3, 0.4) is 0 Å². The highest BCUT2D eigenvalue weighted by Crippen LogP contribution is 2.32. The molecule has 0 radical (unpaired) electrons. The summed E-state index contributed by atoms with van der Waals surface area (Å²) in [6, 6.07) is 7.91. The summed E-state index contributed by atoms with van der Waals surface area (Å²) < 4.78 is 10.6. The van der Waals surface area contributed by atoms with Gasteiger partial charge in [0.25, 0.3) is 0 Å². The summed E-state index contributed by atoms with van der Waals surface area (Å²) in [6.07, 6.45) is 13.9. The van der Waals surface area contributed by atoms with Crippen LogP contribution in [0.5, 0.6) is 11.5 Å². The van der Waals surface area contributed by atoms with Gasteiger partial charge in [-0.05, 0) is 36.1 Å². The van der Waals surface area contributed by atoms with Crippen molar-refractivity contribution in [3.8, 4) is 11.5 Å². The molecule has 1 aliphatic heterocycles. The summed E-state index contributed by atoms with van der Waals surface area (Å²) in [4.78, 5) is 0. The van der Waals surface area contributed by atoms with Crippen LogP contribution in [0.25, 0.3) is 12.2 Å². The first-order chi connectivity index (χ1) is 10.8. The van der Waals surface area contributed by atoms with E-state index in [-0.39, 0.29) is 0 Å². The van der Waals surface area contributed by atoms with E-state index in [0.717, 1.165) is 27.8 Å². The topological polar surface area (TPSA) is 47.1 Å². The zero-order chi connectivity index (χ0) is 15.2. The van der Waals surface area contributed by atoms with Crippen LogP contribution in [0.15, 0.2) is 53.6 Å². The van der Waals surface area contributed by atoms with Crippen molar-refractivity contribution in [2.45, 2.75) is 5.03 Å². The molecule has 1 aliphatic rings. The number of nitrogens with one attached hydrogen (secondary N) is 1. The molecule has 2 aromatic rings. The average Bonchev–Trinajstić information content (AvgIpc) is 3.19. The normalized spacial score (nSPS) is 13.9. The minimum absolute atomic E-state index is 0.305. The van der Waals surface area contributed by atoms with Gasteiger partial charge in [0.2, 0.25) is 6.79 Å². The van der Waals surface area contributed by atoms with E-state index in [1.54, 1.807) is 11.8 Å². The molecule has 112 valence electrons. The van der Waals surface area contributed by atoms with Crippen LogP contribution in [0, 0.1) is 0 Å². The molecule has 0 aliphatic carbocycles. The number of nitrogens with zero attached hydrogens (tertiary/aromatic N) is 1. The average molecular weight is 312 g/mol. The molecule has 1 N–H and O–H groups in total. The number of ether oxygens (including phenoxy) is 2. The lowest BCUT2D eigenvalue weighted by atomic mass is 10.2. The van der Waals surface area contributed by atoms with Gasteiger partial charge in [-0.2, -0.15) is 5.10 Å². The molecule has 4 nitrogen and oxygen atoms in total. The predicted octanol–water partition coefficient (Wildman–Crippen LogP) is 4.14. The van der Waals surface area contributed by atoms with Crippen LogP contribution in [-0.2, 0) is 0 Å². The number of H-pyrrole nitrogens is 1. The third-order valence-corrected chi connectivity index (χ3v) is 3.71. The molecular weight excluding hydrogens is 296 g/mol. The Morgan fingerprint density at radius 1 is 1.05 bits per heavy atom. The van der Waals surface area contributed by atoms with Gasteiger partial charge in [-0.15, -0.1) is 11.8 Å². The Hall–Kier alpha value is -2.40. The van der Waals surface area contributed by atoms with Crippen molar-refractivity contribution in [1.82, 2.24) is 10.2 Å². The zero-order valence-electron chi connectivity index (χ0n) is 12.2. The second kappa shape index (κ2) is 7.04. The van der Waals surface area contributed by atoms with Gasteiger partial charge in [0.1, 0.15) is 5.03 Å². The molecule has 5 heteroatoms. The van der Waals surface area contributed by atoms with Gasteiger partial charge < -0.3 is 9.47 Å². The highest BCUT2D eigenvalue weighted by Gasteiger charge is 2.11. The summed E-state index contributed by atoms with van der Waals surface area (Å²) in [6.45, 7) is 0.305. The van der Waals surface area contributed by atoms with Crippen molar-refractivity contribution in [2.24, 2.45) is 0 Å². The second-order valence-electron chi connectivity index (χ2n) is 4.58. The van der Waals surface area contributed by atoms with Gasteiger partial charge in [-0.1, -0.05) is 36.4 Å². The molecule has 0 bridgehead atoms. The maximum atomic E-state index is 5.35. The van der Waals surface area contributed by atoms with E-state index in [0.29, 0.717) is 6.79 Å². The summed E-state index contributed by atoms with van der Waals surface area (Å²) in [5.41, 5.74) is 2.07. The fourth-order valence-electron chi connectivity index (χ4n) is 1.98. The Morgan fingerprint density at radius 2 is 1.86 bits per heavy atom. The van der Waals surface area contributed by atoms with E-state index in [1.807, 2.05) is 67.0 Å². The highest BCUT2D eigenvalue weighted by atomic mass is 32.2.